The average Bonchev–Trinajstić information content (AvgIpc) is 2.77. The van der Waals surface area contributed by atoms with E-state index in [0.717, 1.165) is 24.4 Å². The van der Waals surface area contributed by atoms with Crippen LogP contribution in [-0.2, 0) is 4.74 Å². The molecule has 0 rings (SSSR count). The molecule has 0 aliphatic heterocycles. The smallest absolute Gasteiger partial charge is 0.104 e. The highest BCUT2D eigenvalue weighted by Crippen LogP contribution is 2.21. The lowest BCUT2D eigenvalue weighted by molar-refractivity contribution is 0.270. The third-order valence-electron chi connectivity index (χ3n) is 5.37. The standard InChI is InChI=1S/C30H50O/c1-5-9-13-15-17-19-23-27-29(25-21-11-7-3)31-30(26-22-12-8-4)28-24-20-18-16-14-10-6-2/h7-8,11-12,21-22,25-26H,3-6,9-10,13-20,23-24,27-28H2,1-2H3. The van der Waals surface area contributed by atoms with Crippen LogP contribution < -0.4 is 0 Å². The molecule has 0 spiro atoms. The van der Waals surface area contributed by atoms with Gasteiger partial charge in [0.15, 0.2) is 0 Å². The van der Waals surface area contributed by atoms with Crippen molar-refractivity contribution in [3.05, 3.63) is 73.3 Å². The number of hydrogen-bond acceptors (Lipinski definition) is 1. The Labute approximate surface area is 194 Å². The quantitative estimate of drug-likeness (QED) is 0.0950. The molecule has 31 heavy (non-hydrogen) atoms. The molecule has 0 N–H and O–H groups in total. The number of ether oxygens (including phenoxy) is 1. The van der Waals surface area contributed by atoms with Crippen LogP contribution in [0, 0.1) is 0 Å². The molecule has 0 aromatic carbocycles. The minimum atomic E-state index is 0.995. The van der Waals surface area contributed by atoms with Crippen LogP contribution in [0.5, 0.6) is 0 Å². The minimum Gasteiger partial charge on any atom is -0.466 e. The zero-order valence-corrected chi connectivity index (χ0v) is 20.8. The lowest BCUT2D eigenvalue weighted by Gasteiger charge is -2.13. The summed E-state index contributed by atoms with van der Waals surface area (Å²) in [6.07, 6.45) is 36.2. The van der Waals surface area contributed by atoms with Crippen molar-refractivity contribution in [2.45, 2.75) is 117 Å². The van der Waals surface area contributed by atoms with E-state index in [0.29, 0.717) is 0 Å². The van der Waals surface area contributed by atoms with Gasteiger partial charge in [-0.25, -0.2) is 0 Å². The highest BCUT2D eigenvalue weighted by atomic mass is 16.5. The van der Waals surface area contributed by atoms with Crippen LogP contribution in [0.25, 0.3) is 0 Å². The molecule has 0 heterocycles. The predicted molar refractivity (Wildman–Crippen MR) is 141 cm³/mol. The molecule has 0 unspecified atom stereocenters. The third-order valence-corrected chi connectivity index (χ3v) is 5.37. The first-order chi connectivity index (χ1) is 15.3. The SMILES string of the molecule is C=CC=CC=C(CCCCCCCCC)OC(=CC=CC=C)CCCCCCCCC. The van der Waals surface area contributed by atoms with E-state index in [1.54, 1.807) is 0 Å². The van der Waals surface area contributed by atoms with Crippen LogP contribution in [0.4, 0.5) is 0 Å². The highest BCUT2D eigenvalue weighted by Gasteiger charge is 2.04. The lowest BCUT2D eigenvalue weighted by atomic mass is 10.1. The van der Waals surface area contributed by atoms with Gasteiger partial charge in [0.05, 0.1) is 0 Å². The number of hydrogen-bond donors (Lipinski definition) is 0. The fraction of sp³-hybridized carbons (Fsp3) is 0.600. The van der Waals surface area contributed by atoms with Crippen molar-refractivity contribution in [1.82, 2.24) is 0 Å². The predicted octanol–water partition coefficient (Wildman–Crippen LogP) is 10.5. The van der Waals surface area contributed by atoms with Crippen LogP contribution in [0.1, 0.15) is 117 Å². The van der Waals surface area contributed by atoms with Crippen molar-refractivity contribution < 1.29 is 4.74 Å². The van der Waals surface area contributed by atoms with Crippen LogP contribution in [0.3, 0.4) is 0 Å². The van der Waals surface area contributed by atoms with Crippen molar-refractivity contribution in [1.29, 1.82) is 0 Å². The Bertz CT molecular complexity index is 485. The molecule has 0 amide bonds. The largest absolute Gasteiger partial charge is 0.466 e. The van der Waals surface area contributed by atoms with E-state index in [1.807, 2.05) is 36.5 Å². The van der Waals surface area contributed by atoms with Gasteiger partial charge in [-0.1, -0.05) is 141 Å². The first-order valence-electron chi connectivity index (χ1n) is 12.9. The second-order valence-electron chi connectivity index (χ2n) is 8.35. The molecule has 0 aromatic heterocycles. The summed E-state index contributed by atoms with van der Waals surface area (Å²) in [6, 6.07) is 0. The van der Waals surface area contributed by atoms with Crippen LogP contribution >= 0.6 is 0 Å². The Hall–Kier alpha value is -1.76. The maximum absolute atomic E-state index is 6.39. The van der Waals surface area contributed by atoms with Gasteiger partial charge in [-0.15, -0.1) is 0 Å². The number of rotatable bonds is 22. The Morgan fingerprint density at radius 2 is 0.871 bits per heavy atom. The average molecular weight is 427 g/mol. The van der Waals surface area contributed by atoms with E-state index >= 15 is 0 Å². The maximum Gasteiger partial charge on any atom is 0.104 e. The van der Waals surface area contributed by atoms with Crippen molar-refractivity contribution in [2.75, 3.05) is 0 Å². The lowest BCUT2D eigenvalue weighted by Crippen LogP contribution is -1.95. The Balaban J connectivity index is 4.67. The Morgan fingerprint density at radius 3 is 1.23 bits per heavy atom. The fourth-order valence-electron chi connectivity index (χ4n) is 3.50. The van der Waals surface area contributed by atoms with Gasteiger partial charge in [-0.05, 0) is 25.0 Å². The van der Waals surface area contributed by atoms with E-state index in [-0.39, 0.29) is 0 Å². The molecular weight excluding hydrogens is 376 g/mol. The molecule has 0 aliphatic rings. The van der Waals surface area contributed by atoms with Gasteiger partial charge in [0, 0.05) is 12.8 Å². The molecular formula is C30H50O. The number of allylic oxidation sites excluding steroid dienone is 10. The second-order valence-corrected chi connectivity index (χ2v) is 8.35. The Kier molecular flexibility index (Phi) is 23.1. The summed E-state index contributed by atoms with van der Waals surface area (Å²) in [5.41, 5.74) is 0. The molecule has 0 radical (unpaired) electrons. The molecule has 1 heteroatoms. The van der Waals surface area contributed by atoms with Gasteiger partial charge in [0.2, 0.25) is 0 Å². The Morgan fingerprint density at radius 1 is 0.516 bits per heavy atom. The molecule has 0 saturated heterocycles. The highest BCUT2D eigenvalue weighted by molar-refractivity contribution is 5.17. The molecule has 176 valence electrons. The topological polar surface area (TPSA) is 9.23 Å². The van der Waals surface area contributed by atoms with Crippen molar-refractivity contribution in [2.24, 2.45) is 0 Å². The fourth-order valence-corrected chi connectivity index (χ4v) is 3.50. The summed E-state index contributed by atoms with van der Waals surface area (Å²) in [6.45, 7) is 12.1. The van der Waals surface area contributed by atoms with E-state index in [4.69, 9.17) is 4.74 Å². The van der Waals surface area contributed by atoms with E-state index in [1.165, 1.54) is 89.9 Å². The van der Waals surface area contributed by atoms with Gasteiger partial charge < -0.3 is 4.74 Å². The molecule has 0 atom stereocenters. The van der Waals surface area contributed by atoms with Gasteiger partial charge in [0.1, 0.15) is 11.5 Å². The number of unbranched alkanes of at least 4 members (excludes halogenated alkanes) is 12. The first kappa shape index (κ1) is 29.2. The van der Waals surface area contributed by atoms with Gasteiger partial charge in [-0.3, -0.25) is 0 Å². The maximum atomic E-state index is 6.39. The van der Waals surface area contributed by atoms with Crippen molar-refractivity contribution >= 4 is 0 Å². The summed E-state index contributed by atoms with van der Waals surface area (Å²) in [5, 5.41) is 0. The summed E-state index contributed by atoms with van der Waals surface area (Å²) in [7, 11) is 0. The van der Waals surface area contributed by atoms with Crippen LogP contribution in [-0.4, -0.2) is 0 Å². The van der Waals surface area contributed by atoms with Crippen LogP contribution in [0.2, 0.25) is 0 Å². The normalized spacial score (nSPS) is 12.7. The van der Waals surface area contributed by atoms with Crippen LogP contribution in [0.15, 0.2) is 73.3 Å². The second kappa shape index (κ2) is 24.5. The molecule has 0 fully saturated rings. The zero-order valence-electron chi connectivity index (χ0n) is 20.8. The summed E-state index contributed by atoms with van der Waals surface area (Å²) >= 11 is 0. The summed E-state index contributed by atoms with van der Waals surface area (Å²) < 4.78 is 6.39. The van der Waals surface area contributed by atoms with Crippen molar-refractivity contribution in [3.63, 3.8) is 0 Å². The minimum absolute atomic E-state index is 0.995. The monoisotopic (exact) mass is 426 g/mol. The zero-order chi connectivity index (χ0) is 22.8. The first-order valence-corrected chi connectivity index (χ1v) is 12.9. The molecule has 0 saturated carbocycles. The summed E-state index contributed by atoms with van der Waals surface area (Å²) in [5.74, 6) is 2.13. The summed E-state index contributed by atoms with van der Waals surface area (Å²) in [4.78, 5) is 0. The molecule has 0 aromatic rings. The van der Waals surface area contributed by atoms with Gasteiger partial charge >= 0.3 is 0 Å². The molecule has 0 aliphatic carbocycles. The third kappa shape index (κ3) is 21.3. The van der Waals surface area contributed by atoms with E-state index in [2.05, 4.69) is 39.2 Å². The van der Waals surface area contributed by atoms with Gasteiger partial charge in [0.25, 0.3) is 0 Å². The van der Waals surface area contributed by atoms with Crippen molar-refractivity contribution in [3.8, 4) is 0 Å². The van der Waals surface area contributed by atoms with Gasteiger partial charge in [-0.2, -0.15) is 0 Å². The van der Waals surface area contributed by atoms with E-state index < -0.39 is 0 Å². The molecule has 1 nitrogen and oxygen atoms in total. The molecule has 0 bridgehead atoms. The van der Waals surface area contributed by atoms with E-state index in [9.17, 15) is 0 Å².